The van der Waals surface area contributed by atoms with Gasteiger partial charge >= 0.3 is 5.97 Å². The van der Waals surface area contributed by atoms with Crippen LogP contribution in [0.4, 0.5) is 0 Å². The maximum absolute atomic E-state index is 12.0. The topological polar surface area (TPSA) is 56.2 Å². The summed E-state index contributed by atoms with van der Waals surface area (Å²) in [6, 6.07) is 0.220. The Balaban J connectivity index is 2.76. The summed E-state index contributed by atoms with van der Waals surface area (Å²) in [6.45, 7) is 8.76. The highest BCUT2D eigenvalue weighted by Gasteiger charge is 2.34. The Labute approximate surface area is 115 Å². The molecule has 1 aromatic heterocycles. The van der Waals surface area contributed by atoms with E-state index in [1.807, 2.05) is 27.0 Å². The van der Waals surface area contributed by atoms with Gasteiger partial charge in [0.2, 0.25) is 0 Å². The molecule has 0 spiro atoms. The van der Waals surface area contributed by atoms with Crippen molar-refractivity contribution in [3.63, 3.8) is 0 Å². The zero-order chi connectivity index (χ0) is 14.5. The molecule has 0 aromatic carbocycles. The third-order valence-electron chi connectivity index (χ3n) is 3.21. The second-order valence-electron chi connectivity index (χ2n) is 5.26. The highest BCUT2D eigenvalue weighted by molar-refractivity contribution is 5.80. The fourth-order valence-corrected chi connectivity index (χ4v) is 2.30. The van der Waals surface area contributed by atoms with Gasteiger partial charge in [-0.05, 0) is 27.2 Å². The van der Waals surface area contributed by atoms with Crippen molar-refractivity contribution in [3.05, 3.63) is 18.2 Å². The highest BCUT2D eigenvalue weighted by Crippen LogP contribution is 2.15. The fraction of sp³-hybridized carbons (Fsp3) is 0.714. The highest BCUT2D eigenvalue weighted by atomic mass is 16.5. The number of rotatable bonds is 7. The molecule has 1 heterocycles. The van der Waals surface area contributed by atoms with Gasteiger partial charge in [0.15, 0.2) is 0 Å². The molecular weight excluding hydrogens is 242 g/mol. The molecule has 1 unspecified atom stereocenters. The predicted octanol–water partition coefficient (Wildman–Crippen LogP) is 1.77. The van der Waals surface area contributed by atoms with Gasteiger partial charge in [0.05, 0.1) is 7.11 Å². The SMILES string of the molecule is CCc1nccn1CCC(C)(NC(C)C)C(=O)OC. The van der Waals surface area contributed by atoms with Gasteiger partial charge in [-0.25, -0.2) is 4.98 Å². The monoisotopic (exact) mass is 267 g/mol. The van der Waals surface area contributed by atoms with E-state index in [1.54, 1.807) is 6.20 Å². The molecule has 19 heavy (non-hydrogen) atoms. The number of hydrogen-bond acceptors (Lipinski definition) is 4. The standard InChI is InChI=1S/C14H25N3O2/c1-6-12-15-8-10-17(12)9-7-14(4,13(18)19-5)16-11(2)3/h8,10-11,16H,6-7,9H2,1-5H3. The minimum absolute atomic E-state index is 0.220. The summed E-state index contributed by atoms with van der Waals surface area (Å²) in [4.78, 5) is 16.3. The molecule has 5 heteroatoms. The van der Waals surface area contributed by atoms with Crippen molar-refractivity contribution in [1.82, 2.24) is 14.9 Å². The van der Waals surface area contributed by atoms with Crippen LogP contribution in [0.1, 0.15) is 39.9 Å². The van der Waals surface area contributed by atoms with Crippen molar-refractivity contribution in [2.24, 2.45) is 0 Å². The largest absolute Gasteiger partial charge is 0.468 e. The summed E-state index contributed by atoms with van der Waals surface area (Å²) in [5.74, 6) is 0.816. The summed E-state index contributed by atoms with van der Waals surface area (Å²) in [7, 11) is 1.43. The van der Waals surface area contributed by atoms with Crippen LogP contribution in [0, 0.1) is 0 Å². The second kappa shape index (κ2) is 6.70. The molecule has 1 aromatic rings. The Kier molecular flexibility index (Phi) is 5.54. The van der Waals surface area contributed by atoms with Crippen molar-refractivity contribution < 1.29 is 9.53 Å². The first-order valence-corrected chi connectivity index (χ1v) is 6.79. The smallest absolute Gasteiger partial charge is 0.325 e. The molecule has 0 bridgehead atoms. The van der Waals surface area contributed by atoms with Crippen molar-refractivity contribution in [2.45, 2.75) is 58.7 Å². The van der Waals surface area contributed by atoms with Crippen LogP contribution >= 0.6 is 0 Å². The summed E-state index contributed by atoms with van der Waals surface area (Å²) < 4.78 is 7.00. The number of carbonyl (C=O) groups excluding carboxylic acids is 1. The van der Waals surface area contributed by atoms with E-state index in [-0.39, 0.29) is 12.0 Å². The third-order valence-corrected chi connectivity index (χ3v) is 3.21. The van der Waals surface area contributed by atoms with Crippen LogP contribution < -0.4 is 5.32 Å². The van der Waals surface area contributed by atoms with Gasteiger partial charge in [-0.3, -0.25) is 10.1 Å². The van der Waals surface area contributed by atoms with Crippen LogP contribution in [-0.4, -0.2) is 34.2 Å². The van der Waals surface area contributed by atoms with Crippen molar-refractivity contribution in [3.8, 4) is 0 Å². The summed E-state index contributed by atoms with van der Waals surface area (Å²) >= 11 is 0. The first-order chi connectivity index (χ1) is 8.92. The number of imidazole rings is 1. The molecular formula is C14H25N3O2. The molecule has 0 saturated carbocycles. The van der Waals surface area contributed by atoms with Crippen LogP contribution in [0.3, 0.4) is 0 Å². The fourth-order valence-electron chi connectivity index (χ4n) is 2.30. The van der Waals surface area contributed by atoms with E-state index in [2.05, 4.69) is 21.8 Å². The van der Waals surface area contributed by atoms with E-state index in [0.717, 1.165) is 18.8 Å². The van der Waals surface area contributed by atoms with Crippen molar-refractivity contribution in [1.29, 1.82) is 0 Å². The Bertz CT molecular complexity index is 415. The third kappa shape index (κ3) is 4.06. The van der Waals surface area contributed by atoms with Crippen LogP contribution in [0.15, 0.2) is 12.4 Å². The Morgan fingerprint density at radius 2 is 2.26 bits per heavy atom. The van der Waals surface area contributed by atoms with Crippen molar-refractivity contribution in [2.75, 3.05) is 7.11 Å². The van der Waals surface area contributed by atoms with Gasteiger partial charge in [0.1, 0.15) is 11.4 Å². The van der Waals surface area contributed by atoms with Gasteiger partial charge < -0.3 is 9.30 Å². The number of methoxy groups -OCH3 is 1. The lowest BCUT2D eigenvalue weighted by molar-refractivity contribution is -0.148. The lowest BCUT2D eigenvalue weighted by Crippen LogP contribution is -2.53. The summed E-state index contributed by atoms with van der Waals surface area (Å²) in [5, 5.41) is 3.30. The lowest BCUT2D eigenvalue weighted by atomic mass is 9.96. The molecule has 0 saturated heterocycles. The van der Waals surface area contributed by atoms with Gasteiger partial charge in [-0.1, -0.05) is 6.92 Å². The predicted molar refractivity (Wildman–Crippen MR) is 74.9 cm³/mol. The molecule has 0 radical (unpaired) electrons. The van der Waals surface area contributed by atoms with E-state index in [0.29, 0.717) is 6.42 Å². The first kappa shape index (κ1) is 15.7. The molecule has 0 fully saturated rings. The number of carbonyl (C=O) groups is 1. The van der Waals surface area contributed by atoms with Crippen LogP contribution in [-0.2, 0) is 22.5 Å². The number of nitrogens with zero attached hydrogens (tertiary/aromatic N) is 2. The van der Waals surface area contributed by atoms with Crippen LogP contribution in [0.25, 0.3) is 0 Å². The van der Waals surface area contributed by atoms with E-state index >= 15 is 0 Å². The molecule has 0 aliphatic carbocycles. The zero-order valence-corrected chi connectivity index (χ0v) is 12.6. The minimum Gasteiger partial charge on any atom is -0.468 e. The molecule has 1 N–H and O–H groups in total. The maximum Gasteiger partial charge on any atom is 0.325 e. The molecule has 1 atom stereocenters. The summed E-state index contributed by atoms with van der Waals surface area (Å²) in [5.41, 5.74) is -0.668. The Morgan fingerprint density at radius 1 is 1.58 bits per heavy atom. The molecule has 0 amide bonds. The Hall–Kier alpha value is -1.36. The average molecular weight is 267 g/mol. The van der Waals surface area contributed by atoms with E-state index in [9.17, 15) is 4.79 Å². The van der Waals surface area contributed by atoms with E-state index < -0.39 is 5.54 Å². The number of aromatic nitrogens is 2. The summed E-state index contributed by atoms with van der Waals surface area (Å²) in [6.07, 6.45) is 5.30. The maximum atomic E-state index is 12.0. The molecule has 0 aliphatic rings. The number of esters is 1. The number of aryl methyl sites for hydroxylation is 2. The molecule has 1 rings (SSSR count). The molecule has 0 aliphatic heterocycles. The Morgan fingerprint density at radius 3 is 2.79 bits per heavy atom. The second-order valence-corrected chi connectivity index (χ2v) is 5.26. The average Bonchev–Trinajstić information content (AvgIpc) is 2.82. The van der Waals surface area contributed by atoms with Crippen LogP contribution in [0.5, 0.6) is 0 Å². The van der Waals surface area contributed by atoms with Gasteiger partial charge in [0, 0.05) is 31.4 Å². The first-order valence-electron chi connectivity index (χ1n) is 6.79. The van der Waals surface area contributed by atoms with Crippen LogP contribution in [0.2, 0.25) is 0 Å². The molecule has 108 valence electrons. The number of nitrogens with one attached hydrogen (secondary N) is 1. The number of hydrogen-bond donors (Lipinski definition) is 1. The molecule has 5 nitrogen and oxygen atoms in total. The van der Waals surface area contributed by atoms with E-state index in [4.69, 9.17) is 4.74 Å². The van der Waals surface area contributed by atoms with Gasteiger partial charge in [-0.15, -0.1) is 0 Å². The normalized spacial score (nSPS) is 14.4. The quantitative estimate of drug-likeness (QED) is 0.765. The zero-order valence-electron chi connectivity index (χ0n) is 12.6. The number of ether oxygens (including phenoxy) is 1. The lowest BCUT2D eigenvalue weighted by Gasteiger charge is -2.30. The van der Waals surface area contributed by atoms with Gasteiger partial charge in [-0.2, -0.15) is 0 Å². The minimum atomic E-state index is -0.668. The van der Waals surface area contributed by atoms with Crippen molar-refractivity contribution >= 4 is 5.97 Å². The van der Waals surface area contributed by atoms with Gasteiger partial charge in [0.25, 0.3) is 0 Å². The van der Waals surface area contributed by atoms with E-state index in [1.165, 1.54) is 7.11 Å².